The van der Waals surface area contributed by atoms with Crippen LogP contribution in [-0.4, -0.2) is 12.6 Å². The molecule has 0 radical (unpaired) electrons. The molecule has 1 saturated heterocycles. The van der Waals surface area contributed by atoms with Crippen molar-refractivity contribution < 1.29 is 9.53 Å². The van der Waals surface area contributed by atoms with Gasteiger partial charge in [0.1, 0.15) is 0 Å². The van der Waals surface area contributed by atoms with Crippen molar-refractivity contribution >= 4 is 5.97 Å². The second kappa shape index (κ2) is 3.86. The van der Waals surface area contributed by atoms with Gasteiger partial charge in [-0.3, -0.25) is 4.79 Å². The van der Waals surface area contributed by atoms with Crippen LogP contribution in [0.15, 0.2) is 11.1 Å². The first kappa shape index (κ1) is 11.3. The van der Waals surface area contributed by atoms with Gasteiger partial charge in [0.2, 0.25) is 0 Å². The summed E-state index contributed by atoms with van der Waals surface area (Å²) in [6, 6.07) is 0. The molecule has 1 saturated carbocycles. The van der Waals surface area contributed by atoms with Crippen LogP contribution >= 0.6 is 0 Å². The van der Waals surface area contributed by atoms with E-state index >= 15 is 0 Å². The van der Waals surface area contributed by atoms with Crippen molar-refractivity contribution in [2.45, 2.75) is 40.0 Å². The molecule has 17 heavy (non-hydrogen) atoms. The van der Waals surface area contributed by atoms with E-state index in [2.05, 4.69) is 20.8 Å². The largest absolute Gasteiger partial charge is 0.465 e. The molecular formula is C15H22O2. The van der Waals surface area contributed by atoms with Crippen LogP contribution in [0.1, 0.15) is 40.0 Å². The van der Waals surface area contributed by atoms with E-state index in [1.807, 2.05) is 0 Å². The van der Waals surface area contributed by atoms with Crippen LogP contribution in [0.3, 0.4) is 0 Å². The molecule has 0 aromatic rings. The molecule has 0 spiro atoms. The fourth-order valence-electron chi connectivity index (χ4n) is 4.31. The summed E-state index contributed by atoms with van der Waals surface area (Å²) in [6.45, 7) is 7.52. The topological polar surface area (TPSA) is 26.3 Å². The number of esters is 1. The molecule has 2 nitrogen and oxygen atoms in total. The minimum absolute atomic E-state index is 0.0770. The number of carbonyl (C=O) groups excluding carboxylic acids is 1. The quantitative estimate of drug-likeness (QED) is 0.475. The maximum atomic E-state index is 12.0. The fraction of sp³-hybridized carbons (Fsp3) is 0.800. The number of hydrogen-bond acceptors (Lipinski definition) is 2. The molecule has 3 aliphatic rings. The predicted molar refractivity (Wildman–Crippen MR) is 66.3 cm³/mol. The lowest BCUT2D eigenvalue weighted by Crippen LogP contribution is -2.29. The van der Waals surface area contributed by atoms with Gasteiger partial charge < -0.3 is 4.74 Å². The summed E-state index contributed by atoms with van der Waals surface area (Å²) in [5, 5.41) is 0. The van der Waals surface area contributed by atoms with Crippen LogP contribution in [0.25, 0.3) is 0 Å². The Morgan fingerprint density at radius 3 is 2.71 bits per heavy atom. The Morgan fingerprint density at radius 2 is 1.94 bits per heavy atom. The lowest BCUT2D eigenvalue weighted by Gasteiger charge is -2.27. The Balaban J connectivity index is 2.00. The standard InChI is InChI=1S/C15H22O2/c1-8-4-5-11-7-17-15(16)14(11)13-10(3)9(2)6-12(8)13/h8,11-14H,4-7H2,1-3H3/t8-,11+,12+,13-,14-/m0/s1. The Labute approximate surface area is 103 Å². The molecule has 0 bridgehead atoms. The van der Waals surface area contributed by atoms with Crippen molar-refractivity contribution in [1.29, 1.82) is 0 Å². The number of fused-ring (bicyclic) bond motifs is 3. The Hall–Kier alpha value is -0.790. The summed E-state index contributed by atoms with van der Waals surface area (Å²) in [5.74, 6) is 2.66. The van der Waals surface area contributed by atoms with Gasteiger partial charge >= 0.3 is 5.97 Å². The summed E-state index contributed by atoms with van der Waals surface area (Å²) in [7, 11) is 0. The zero-order chi connectivity index (χ0) is 12.2. The van der Waals surface area contributed by atoms with Crippen molar-refractivity contribution in [2.24, 2.45) is 29.6 Å². The zero-order valence-corrected chi connectivity index (χ0v) is 11.0. The number of rotatable bonds is 0. The minimum atomic E-state index is 0.0770. The van der Waals surface area contributed by atoms with Crippen LogP contribution in [0.5, 0.6) is 0 Å². The molecule has 0 aromatic carbocycles. The van der Waals surface area contributed by atoms with Gasteiger partial charge in [-0.1, -0.05) is 18.1 Å². The Kier molecular flexibility index (Phi) is 2.57. The van der Waals surface area contributed by atoms with Gasteiger partial charge in [-0.05, 0) is 50.9 Å². The van der Waals surface area contributed by atoms with E-state index < -0.39 is 0 Å². The number of allylic oxidation sites excluding steroid dienone is 2. The molecule has 2 heteroatoms. The Morgan fingerprint density at radius 1 is 1.18 bits per heavy atom. The molecular weight excluding hydrogens is 212 g/mol. The van der Waals surface area contributed by atoms with Crippen LogP contribution in [0.2, 0.25) is 0 Å². The third-order valence-corrected chi connectivity index (χ3v) is 5.51. The van der Waals surface area contributed by atoms with E-state index in [1.165, 1.54) is 30.4 Å². The van der Waals surface area contributed by atoms with E-state index in [0.29, 0.717) is 24.4 Å². The van der Waals surface area contributed by atoms with Crippen LogP contribution in [-0.2, 0) is 9.53 Å². The molecule has 1 aliphatic heterocycles. The normalized spacial score (nSPS) is 45.4. The highest BCUT2D eigenvalue weighted by Gasteiger charge is 2.50. The molecule has 2 fully saturated rings. The number of cyclic esters (lactones) is 1. The molecule has 94 valence electrons. The zero-order valence-electron chi connectivity index (χ0n) is 11.0. The van der Waals surface area contributed by atoms with Gasteiger partial charge in [0.15, 0.2) is 0 Å². The van der Waals surface area contributed by atoms with Crippen molar-refractivity contribution in [2.75, 3.05) is 6.61 Å². The van der Waals surface area contributed by atoms with Gasteiger partial charge in [-0.2, -0.15) is 0 Å². The molecule has 0 aromatic heterocycles. The molecule has 2 aliphatic carbocycles. The van der Waals surface area contributed by atoms with Gasteiger partial charge in [0.25, 0.3) is 0 Å². The molecule has 1 heterocycles. The van der Waals surface area contributed by atoms with Gasteiger partial charge in [0.05, 0.1) is 12.5 Å². The van der Waals surface area contributed by atoms with Crippen molar-refractivity contribution in [3.05, 3.63) is 11.1 Å². The van der Waals surface area contributed by atoms with Gasteiger partial charge in [-0.25, -0.2) is 0 Å². The predicted octanol–water partition coefficient (Wildman–Crippen LogP) is 3.18. The maximum absolute atomic E-state index is 12.0. The summed E-state index contributed by atoms with van der Waals surface area (Å²) in [6.07, 6.45) is 3.64. The first-order valence-corrected chi connectivity index (χ1v) is 6.92. The maximum Gasteiger partial charge on any atom is 0.309 e. The smallest absolute Gasteiger partial charge is 0.309 e. The summed E-state index contributed by atoms with van der Waals surface area (Å²) < 4.78 is 5.32. The molecule has 0 unspecified atom stereocenters. The first-order valence-electron chi connectivity index (χ1n) is 6.92. The van der Waals surface area contributed by atoms with Gasteiger partial charge in [0, 0.05) is 5.92 Å². The fourth-order valence-corrected chi connectivity index (χ4v) is 4.31. The monoisotopic (exact) mass is 234 g/mol. The highest BCUT2D eigenvalue weighted by Crippen LogP contribution is 2.52. The van der Waals surface area contributed by atoms with Crippen molar-refractivity contribution in [3.63, 3.8) is 0 Å². The average molecular weight is 234 g/mol. The second-order valence-electron chi connectivity index (χ2n) is 6.33. The van der Waals surface area contributed by atoms with E-state index in [4.69, 9.17) is 4.74 Å². The third kappa shape index (κ3) is 1.56. The van der Waals surface area contributed by atoms with Crippen LogP contribution in [0, 0.1) is 29.6 Å². The number of ether oxygens (including phenoxy) is 1. The van der Waals surface area contributed by atoms with E-state index in [9.17, 15) is 4.79 Å². The number of hydrogen-bond donors (Lipinski definition) is 0. The first-order chi connectivity index (χ1) is 8.09. The van der Waals surface area contributed by atoms with E-state index in [1.54, 1.807) is 0 Å². The van der Waals surface area contributed by atoms with Crippen molar-refractivity contribution in [3.8, 4) is 0 Å². The second-order valence-corrected chi connectivity index (χ2v) is 6.33. The summed E-state index contributed by atoms with van der Waals surface area (Å²) >= 11 is 0. The number of carbonyl (C=O) groups is 1. The van der Waals surface area contributed by atoms with Crippen LogP contribution in [0.4, 0.5) is 0 Å². The Bertz CT molecular complexity index is 382. The van der Waals surface area contributed by atoms with Gasteiger partial charge in [-0.15, -0.1) is 0 Å². The molecule has 3 rings (SSSR count). The minimum Gasteiger partial charge on any atom is -0.465 e. The van der Waals surface area contributed by atoms with E-state index in [0.717, 1.165) is 5.92 Å². The molecule has 5 atom stereocenters. The SMILES string of the molecule is CC1=C(C)[C@H]2[C@H](C1)[C@@H](C)CC[C@@H]1COC(=O)[C@@H]12. The molecule has 0 N–H and O–H groups in total. The lowest BCUT2D eigenvalue weighted by atomic mass is 9.74. The van der Waals surface area contributed by atoms with Crippen molar-refractivity contribution in [1.82, 2.24) is 0 Å². The highest BCUT2D eigenvalue weighted by atomic mass is 16.5. The average Bonchev–Trinajstić information content (AvgIpc) is 2.74. The van der Waals surface area contributed by atoms with E-state index in [-0.39, 0.29) is 11.9 Å². The molecule has 0 amide bonds. The lowest BCUT2D eigenvalue weighted by molar-refractivity contribution is -0.142. The summed E-state index contributed by atoms with van der Waals surface area (Å²) in [5.41, 5.74) is 3.00. The summed E-state index contributed by atoms with van der Waals surface area (Å²) in [4.78, 5) is 12.0. The highest BCUT2D eigenvalue weighted by molar-refractivity contribution is 5.76. The third-order valence-electron chi connectivity index (χ3n) is 5.51. The van der Waals surface area contributed by atoms with Crippen LogP contribution < -0.4 is 0 Å².